The second kappa shape index (κ2) is 8.13. The van der Waals surface area contributed by atoms with Gasteiger partial charge < -0.3 is 9.47 Å². The minimum Gasteiger partial charge on any atom is -0.496 e. The molecule has 0 saturated heterocycles. The van der Waals surface area contributed by atoms with Gasteiger partial charge in [-0.25, -0.2) is 14.8 Å². The topological polar surface area (TPSA) is 61.3 Å². The Kier molecular flexibility index (Phi) is 5.67. The van der Waals surface area contributed by atoms with Crippen LogP contribution in [0.1, 0.15) is 16.1 Å². The number of carbonyl (C=O) groups excluding carboxylic acids is 1. The van der Waals surface area contributed by atoms with Crippen molar-refractivity contribution in [2.24, 2.45) is 0 Å². The molecule has 0 spiro atoms. The van der Waals surface area contributed by atoms with E-state index in [0.717, 1.165) is 16.3 Å². The van der Waals surface area contributed by atoms with E-state index >= 15 is 0 Å². The maximum atomic E-state index is 12.3. The van der Waals surface area contributed by atoms with E-state index < -0.39 is 5.97 Å². The molecule has 0 saturated carbocycles. The standard InChI is InChI=1S/C18H16N2O3S2/c1-22-15-8-4-3-6-13(15)17-20-12(11-25-17)10-23-18(21)14-7-5-9-19-16(14)24-2/h3-9,11H,10H2,1-2H3. The second-order valence-electron chi connectivity index (χ2n) is 4.98. The summed E-state index contributed by atoms with van der Waals surface area (Å²) >= 11 is 2.90. The van der Waals surface area contributed by atoms with E-state index in [0.29, 0.717) is 16.3 Å². The van der Waals surface area contributed by atoms with Gasteiger partial charge in [0.05, 0.1) is 23.9 Å². The van der Waals surface area contributed by atoms with E-state index in [1.165, 1.54) is 23.1 Å². The SMILES string of the molecule is COc1ccccc1-c1nc(COC(=O)c2cccnc2SC)cs1. The van der Waals surface area contributed by atoms with Crippen LogP contribution in [0.25, 0.3) is 10.6 Å². The molecular weight excluding hydrogens is 356 g/mol. The number of rotatable bonds is 6. The zero-order chi connectivity index (χ0) is 17.6. The normalized spacial score (nSPS) is 10.5. The number of hydrogen-bond acceptors (Lipinski definition) is 7. The summed E-state index contributed by atoms with van der Waals surface area (Å²) in [4.78, 5) is 21.0. The number of thiazole rings is 1. The first-order chi connectivity index (χ1) is 12.2. The lowest BCUT2D eigenvalue weighted by molar-refractivity contribution is 0.0463. The zero-order valence-corrected chi connectivity index (χ0v) is 15.4. The van der Waals surface area contributed by atoms with Gasteiger partial charge in [0.1, 0.15) is 22.4 Å². The molecule has 1 aromatic carbocycles. The fourth-order valence-electron chi connectivity index (χ4n) is 2.24. The quantitative estimate of drug-likeness (QED) is 0.475. The Morgan fingerprint density at radius 2 is 2.08 bits per heavy atom. The molecule has 0 bridgehead atoms. The summed E-state index contributed by atoms with van der Waals surface area (Å²) in [5, 5.41) is 3.36. The largest absolute Gasteiger partial charge is 0.496 e. The van der Waals surface area contributed by atoms with Crippen LogP contribution in [0.15, 0.2) is 53.0 Å². The van der Waals surface area contributed by atoms with Gasteiger partial charge in [0.25, 0.3) is 0 Å². The van der Waals surface area contributed by atoms with Crippen LogP contribution in [0.2, 0.25) is 0 Å². The predicted molar refractivity (Wildman–Crippen MR) is 99.2 cm³/mol. The number of methoxy groups -OCH3 is 1. The van der Waals surface area contributed by atoms with Crippen LogP contribution in [0, 0.1) is 0 Å². The van der Waals surface area contributed by atoms with Crippen LogP contribution < -0.4 is 4.74 Å². The van der Waals surface area contributed by atoms with E-state index in [9.17, 15) is 4.79 Å². The second-order valence-corrected chi connectivity index (χ2v) is 6.63. The van der Waals surface area contributed by atoms with Gasteiger partial charge in [-0.3, -0.25) is 0 Å². The van der Waals surface area contributed by atoms with Gasteiger partial charge in [0, 0.05) is 11.6 Å². The molecular formula is C18H16N2O3S2. The van der Waals surface area contributed by atoms with Crippen molar-refractivity contribution >= 4 is 29.1 Å². The van der Waals surface area contributed by atoms with Gasteiger partial charge in [0.2, 0.25) is 0 Å². The highest BCUT2D eigenvalue weighted by Gasteiger charge is 2.15. The molecule has 0 unspecified atom stereocenters. The van der Waals surface area contributed by atoms with Crippen molar-refractivity contribution in [2.45, 2.75) is 11.6 Å². The van der Waals surface area contributed by atoms with Crippen molar-refractivity contribution in [3.63, 3.8) is 0 Å². The number of thioether (sulfide) groups is 1. The third-order valence-corrected chi connectivity index (χ3v) is 5.06. The monoisotopic (exact) mass is 372 g/mol. The summed E-state index contributed by atoms with van der Waals surface area (Å²) in [6.45, 7) is 0.118. The van der Waals surface area contributed by atoms with Gasteiger partial charge >= 0.3 is 5.97 Å². The first-order valence-electron chi connectivity index (χ1n) is 7.47. The molecule has 2 heterocycles. The lowest BCUT2D eigenvalue weighted by Crippen LogP contribution is -2.07. The Morgan fingerprint density at radius 1 is 1.24 bits per heavy atom. The number of ether oxygens (including phenoxy) is 2. The summed E-state index contributed by atoms with van der Waals surface area (Å²) < 4.78 is 10.7. The van der Waals surface area contributed by atoms with E-state index in [2.05, 4.69) is 9.97 Å². The van der Waals surface area contributed by atoms with E-state index in [1.807, 2.05) is 35.9 Å². The Hall–Kier alpha value is -2.38. The van der Waals surface area contributed by atoms with Gasteiger partial charge in [0.15, 0.2) is 0 Å². The van der Waals surface area contributed by atoms with Crippen LogP contribution in [0.3, 0.4) is 0 Å². The molecule has 0 radical (unpaired) electrons. The van der Waals surface area contributed by atoms with Crippen molar-refractivity contribution in [1.29, 1.82) is 0 Å². The number of nitrogens with zero attached hydrogens (tertiary/aromatic N) is 2. The van der Waals surface area contributed by atoms with Crippen molar-refractivity contribution in [2.75, 3.05) is 13.4 Å². The summed E-state index contributed by atoms with van der Waals surface area (Å²) in [6.07, 6.45) is 3.53. The molecule has 3 aromatic rings. The highest BCUT2D eigenvalue weighted by Crippen LogP contribution is 2.32. The molecule has 7 heteroatoms. The molecule has 0 atom stereocenters. The van der Waals surface area contributed by atoms with Crippen LogP contribution in [-0.4, -0.2) is 29.3 Å². The Labute approximate surface area is 154 Å². The third-order valence-electron chi connectivity index (χ3n) is 3.42. The number of esters is 1. The molecule has 3 rings (SSSR count). The Morgan fingerprint density at radius 3 is 2.88 bits per heavy atom. The van der Waals surface area contributed by atoms with Crippen molar-refractivity contribution in [1.82, 2.24) is 9.97 Å². The van der Waals surface area contributed by atoms with Crippen molar-refractivity contribution in [3.8, 4) is 16.3 Å². The highest BCUT2D eigenvalue weighted by molar-refractivity contribution is 7.98. The van der Waals surface area contributed by atoms with Gasteiger partial charge in [-0.15, -0.1) is 23.1 Å². The number of hydrogen-bond donors (Lipinski definition) is 0. The molecule has 0 aliphatic heterocycles. The number of benzene rings is 1. The third kappa shape index (κ3) is 4.00. The Balaban J connectivity index is 1.71. The minimum atomic E-state index is -0.399. The van der Waals surface area contributed by atoms with E-state index in [1.54, 1.807) is 25.4 Å². The number of pyridine rings is 1. The summed E-state index contributed by atoms with van der Waals surface area (Å²) in [5.41, 5.74) is 2.09. The van der Waals surface area contributed by atoms with Crippen LogP contribution in [-0.2, 0) is 11.3 Å². The first kappa shape index (κ1) is 17.4. The van der Waals surface area contributed by atoms with E-state index in [-0.39, 0.29) is 6.61 Å². The molecule has 25 heavy (non-hydrogen) atoms. The number of para-hydroxylation sites is 1. The lowest BCUT2D eigenvalue weighted by atomic mass is 10.2. The van der Waals surface area contributed by atoms with Crippen LogP contribution >= 0.6 is 23.1 Å². The molecule has 128 valence electrons. The smallest absolute Gasteiger partial charge is 0.341 e. The molecule has 0 N–H and O–H groups in total. The maximum absolute atomic E-state index is 12.3. The first-order valence-corrected chi connectivity index (χ1v) is 9.57. The molecule has 0 aliphatic carbocycles. The highest BCUT2D eigenvalue weighted by atomic mass is 32.2. The van der Waals surface area contributed by atoms with E-state index in [4.69, 9.17) is 9.47 Å². The summed E-state index contributed by atoms with van der Waals surface area (Å²) in [7, 11) is 1.63. The molecule has 0 aliphatic rings. The average Bonchev–Trinajstić information content (AvgIpc) is 3.14. The predicted octanol–water partition coefficient (Wildman–Crippen LogP) is 4.29. The van der Waals surface area contributed by atoms with Gasteiger partial charge in [-0.1, -0.05) is 12.1 Å². The number of carbonyl (C=O) groups is 1. The van der Waals surface area contributed by atoms with Crippen LogP contribution in [0.4, 0.5) is 0 Å². The van der Waals surface area contributed by atoms with Gasteiger partial charge in [-0.05, 0) is 30.5 Å². The molecule has 5 nitrogen and oxygen atoms in total. The molecule has 2 aromatic heterocycles. The van der Waals surface area contributed by atoms with Crippen LogP contribution in [0.5, 0.6) is 5.75 Å². The maximum Gasteiger partial charge on any atom is 0.341 e. The average molecular weight is 372 g/mol. The molecule has 0 amide bonds. The zero-order valence-electron chi connectivity index (χ0n) is 13.8. The minimum absolute atomic E-state index is 0.118. The fraction of sp³-hybridized carbons (Fsp3) is 0.167. The number of aromatic nitrogens is 2. The van der Waals surface area contributed by atoms with Crippen molar-refractivity contribution in [3.05, 3.63) is 59.2 Å². The fourth-order valence-corrected chi connectivity index (χ4v) is 3.62. The lowest BCUT2D eigenvalue weighted by Gasteiger charge is -2.06. The summed E-state index contributed by atoms with van der Waals surface area (Å²) in [5.74, 6) is 0.365. The Bertz CT molecular complexity index is 880. The summed E-state index contributed by atoms with van der Waals surface area (Å²) in [6, 6.07) is 11.1. The molecule has 0 fully saturated rings. The van der Waals surface area contributed by atoms with Gasteiger partial charge in [-0.2, -0.15) is 0 Å². The van der Waals surface area contributed by atoms with Crippen molar-refractivity contribution < 1.29 is 14.3 Å².